The van der Waals surface area contributed by atoms with E-state index in [0.717, 1.165) is 27.5 Å². The minimum absolute atomic E-state index is 0.479. The first-order chi connectivity index (χ1) is 9.13. The van der Waals surface area contributed by atoms with Crippen LogP contribution in [0.4, 0.5) is 5.69 Å². The van der Waals surface area contributed by atoms with Crippen LogP contribution in [0.2, 0.25) is 0 Å². The molecule has 1 aliphatic rings. The number of rotatable bonds is 2. The molecule has 1 aliphatic carbocycles. The summed E-state index contributed by atoms with van der Waals surface area (Å²) in [4.78, 5) is 0. The summed E-state index contributed by atoms with van der Waals surface area (Å²) in [5.74, 6) is 0. The molecule has 0 spiro atoms. The van der Waals surface area contributed by atoms with Crippen LogP contribution >= 0.6 is 31.9 Å². The van der Waals surface area contributed by atoms with Crippen molar-refractivity contribution in [3.63, 3.8) is 0 Å². The fraction of sp³-hybridized carbons (Fsp3) is 0.250. The molecule has 0 heterocycles. The van der Waals surface area contributed by atoms with Gasteiger partial charge in [0.15, 0.2) is 0 Å². The summed E-state index contributed by atoms with van der Waals surface area (Å²) in [5, 5.41) is 3.66. The van der Waals surface area contributed by atoms with Gasteiger partial charge in [-0.3, -0.25) is 0 Å². The average molecular weight is 381 g/mol. The first-order valence-electron chi connectivity index (χ1n) is 6.42. The lowest BCUT2D eigenvalue weighted by atomic mass is 10.1. The van der Waals surface area contributed by atoms with Crippen molar-refractivity contribution in [3.8, 4) is 0 Å². The molecule has 0 saturated carbocycles. The first-order valence-corrected chi connectivity index (χ1v) is 8.01. The zero-order chi connectivity index (χ0) is 13.4. The predicted octanol–water partition coefficient (Wildman–Crippen LogP) is 5.10. The maximum absolute atomic E-state index is 3.66. The summed E-state index contributed by atoms with van der Waals surface area (Å²) in [6.45, 7) is 2.10. The van der Waals surface area contributed by atoms with Gasteiger partial charge in [-0.1, -0.05) is 24.3 Å². The number of benzene rings is 2. The molecule has 0 aliphatic heterocycles. The van der Waals surface area contributed by atoms with Crippen molar-refractivity contribution in [2.24, 2.45) is 0 Å². The monoisotopic (exact) mass is 379 g/mol. The molecule has 0 unspecified atom stereocenters. The summed E-state index contributed by atoms with van der Waals surface area (Å²) < 4.78 is 2.24. The van der Waals surface area contributed by atoms with E-state index in [-0.39, 0.29) is 0 Å². The minimum atomic E-state index is 0.479. The van der Waals surface area contributed by atoms with Gasteiger partial charge in [0.05, 0.1) is 5.69 Å². The van der Waals surface area contributed by atoms with Gasteiger partial charge in [-0.15, -0.1) is 0 Å². The molecular formula is C16H15Br2N. The molecule has 0 radical (unpaired) electrons. The number of halogens is 2. The highest BCUT2D eigenvalue weighted by Gasteiger charge is 2.22. The first kappa shape index (κ1) is 13.2. The molecule has 0 amide bonds. The van der Waals surface area contributed by atoms with Crippen LogP contribution in [0, 0.1) is 6.92 Å². The molecule has 2 aromatic rings. The zero-order valence-electron chi connectivity index (χ0n) is 10.7. The normalized spacial score (nSPS) is 14.5. The number of hydrogen-bond donors (Lipinski definition) is 1. The molecular weight excluding hydrogens is 366 g/mol. The number of hydrogen-bond acceptors (Lipinski definition) is 1. The largest absolute Gasteiger partial charge is 0.380 e. The van der Waals surface area contributed by atoms with Gasteiger partial charge in [0.2, 0.25) is 0 Å². The predicted molar refractivity (Wildman–Crippen MR) is 87.8 cm³/mol. The lowest BCUT2D eigenvalue weighted by molar-refractivity contribution is 0.773. The van der Waals surface area contributed by atoms with Crippen LogP contribution in [0.25, 0.3) is 0 Å². The third-order valence-corrected chi connectivity index (χ3v) is 4.84. The third-order valence-electron chi connectivity index (χ3n) is 3.59. The van der Waals surface area contributed by atoms with E-state index in [0.29, 0.717) is 6.04 Å². The van der Waals surface area contributed by atoms with Crippen molar-refractivity contribution < 1.29 is 0 Å². The van der Waals surface area contributed by atoms with Crippen LogP contribution in [-0.4, -0.2) is 6.04 Å². The van der Waals surface area contributed by atoms with Gasteiger partial charge >= 0.3 is 0 Å². The summed E-state index contributed by atoms with van der Waals surface area (Å²) in [6.07, 6.45) is 2.20. The average Bonchev–Trinajstić information content (AvgIpc) is 2.76. The number of nitrogens with one attached hydrogen (secondary N) is 1. The Kier molecular flexibility index (Phi) is 3.68. The van der Waals surface area contributed by atoms with Crippen molar-refractivity contribution in [1.29, 1.82) is 0 Å². The number of aryl methyl sites for hydroxylation is 1. The van der Waals surface area contributed by atoms with Gasteiger partial charge in [0, 0.05) is 15.0 Å². The Bertz CT molecular complexity index is 574. The quantitative estimate of drug-likeness (QED) is 0.764. The molecule has 0 aromatic heterocycles. The van der Waals surface area contributed by atoms with E-state index in [9.17, 15) is 0 Å². The van der Waals surface area contributed by atoms with E-state index in [1.165, 1.54) is 16.7 Å². The molecule has 0 bridgehead atoms. The highest BCUT2D eigenvalue weighted by molar-refractivity contribution is 9.11. The van der Waals surface area contributed by atoms with Crippen LogP contribution in [0.5, 0.6) is 0 Å². The SMILES string of the molecule is Cc1cc(Br)c(NC2Cc3ccccc3C2)c(Br)c1. The van der Waals surface area contributed by atoms with E-state index in [1.54, 1.807) is 0 Å². The molecule has 0 fully saturated rings. The highest BCUT2D eigenvalue weighted by Crippen LogP contribution is 2.34. The molecule has 0 atom stereocenters. The second kappa shape index (κ2) is 5.29. The van der Waals surface area contributed by atoms with E-state index in [2.05, 4.69) is 80.5 Å². The van der Waals surface area contributed by atoms with E-state index < -0.39 is 0 Å². The van der Waals surface area contributed by atoms with Crippen LogP contribution in [-0.2, 0) is 12.8 Å². The second-order valence-corrected chi connectivity index (χ2v) is 6.83. The number of fused-ring (bicyclic) bond motifs is 1. The van der Waals surface area contributed by atoms with Crippen molar-refractivity contribution in [2.45, 2.75) is 25.8 Å². The third kappa shape index (κ3) is 2.72. The number of anilines is 1. The molecule has 1 N–H and O–H groups in total. The summed E-state index contributed by atoms with van der Waals surface area (Å²) in [5.41, 5.74) is 5.35. The van der Waals surface area contributed by atoms with Gasteiger partial charge in [0.1, 0.15) is 0 Å². The Labute approximate surface area is 130 Å². The van der Waals surface area contributed by atoms with Crippen molar-refractivity contribution >= 4 is 37.5 Å². The standard InChI is InChI=1S/C16H15Br2N/c1-10-6-14(17)16(15(18)7-10)19-13-8-11-4-2-3-5-12(11)9-13/h2-7,13,19H,8-9H2,1H3. The minimum Gasteiger partial charge on any atom is -0.380 e. The van der Waals surface area contributed by atoms with Crippen molar-refractivity contribution in [3.05, 3.63) is 62.0 Å². The lowest BCUT2D eigenvalue weighted by Gasteiger charge is -2.17. The van der Waals surface area contributed by atoms with Gasteiger partial charge < -0.3 is 5.32 Å². The van der Waals surface area contributed by atoms with Crippen LogP contribution in [0.3, 0.4) is 0 Å². The molecule has 19 heavy (non-hydrogen) atoms. The summed E-state index contributed by atoms with van der Waals surface area (Å²) >= 11 is 7.30. The van der Waals surface area contributed by atoms with E-state index in [4.69, 9.17) is 0 Å². The van der Waals surface area contributed by atoms with Crippen LogP contribution < -0.4 is 5.32 Å². The maximum Gasteiger partial charge on any atom is 0.0631 e. The Morgan fingerprint density at radius 3 is 2.05 bits per heavy atom. The van der Waals surface area contributed by atoms with Gasteiger partial charge in [-0.2, -0.15) is 0 Å². The fourth-order valence-corrected chi connectivity index (χ4v) is 4.35. The van der Waals surface area contributed by atoms with Crippen molar-refractivity contribution in [1.82, 2.24) is 0 Å². The Morgan fingerprint density at radius 1 is 1.00 bits per heavy atom. The molecule has 0 saturated heterocycles. The molecule has 2 aromatic carbocycles. The highest BCUT2D eigenvalue weighted by atomic mass is 79.9. The molecule has 3 rings (SSSR count). The molecule has 3 heteroatoms. The van der Waals surface area contributed by atoms with Gasteiger partial charge in [-0.05, 0) is 80.4 Å². The summed E-state index contributed by atoms with van der Waals surface area (Å²) in [6, 6.07) is 13.5. The van der Waals surface area contributed by atoms with Crippen LogP contribution in [0.1, 0.15) is 16.7 Å². The Morgan fingerprint density at radius 2 is 1.53 bits per heavy atom. The molecule has 1 nitrogen and oxygen atoms in total. The fourth-order valence-electron chi connectivity index (χ4n) is 2.70. The Hall–Kier alpha value is -0.800. The topological polar surface area (TPSA) is 12.0 Å². The Balaban J connectivity index is 1.82. The second-order valence-electron chi connectivity index (χ2n) is 5.12. The van der Waals surface area contributed by atoms with Crippen LogP contribution in [0.15, 0.2) is 45.3 Å². The van der Waals surface area contributed by atoms with Gasteiger partial charge in [0.25, 0.3) is 0 Å². The van der Waals surface area contributed by atoms with E-state index in [1.807, 2.05) is 0 Å². The van der Waals surface area contributed by atoms with E-state index >= 15 is 0 Å². The smallest absolute Gasteiger partial charge is 0.0631 e. The van der Waals surface area contributed by atoms with Crippen molar-refractivity contribution in [2.75, 3.05) is 5.32 Å². The van der Waals surface area contributed by atoms with Gasteiger partial charge in [-0.25, -0.2) is 0 Å². The molecule has 98 valence electrons. The lowest BCUT2D eigenvalue weighted by Crippen LogP contribution is -2.20. The summed E-state index contributed by atoms with van der Waals surface area (Å²) in [7, 11) is 0. The zero-order valence-corrected chi connectivity index (χ0v) is 13.9. The maximum atomic E-state index is 3.66.